The molecule has 1 nitrogen and oxygen atoms in total. The zero-order chi connectivity index (χ0) is 13.1. The Balaban J connectivity index is 2.14. The van der Waals surface area contributed by atoms with E-state index in [0.29, 0.717) is 11.5 Å². The first-order valence-electron chi connectivity index (χ1n) is 6.74. The molecule has 0 aromatic heterocycles. The number of hydrogen-bond donors (Lipinski definition) is 1. The van der Waals surface area contributed by atoms with Crippen LogP contribution in [0.15, 0.2) is 22.7 Å². The van der Waals surface area contributed by atoms with Gasteiger partial charge in [0, 0.05) is 4.47 Å². The van der Waals surface area contributed by atoms with Crippen LogP contribution in [0.5, 0.6) is 0 Å². The molecule has 0 spiro atoms. The third-order valence-electron chi connectivity index (χ3n) is 4.12. The summed E-state index contributed by atoms with van der Waals surface area (Å²) in [5.41, 5.74) is 0.691. The van der Waals surface area contributed by atoms with Crippen molar-refractivity contribution in [2.24, 2.45) is 11.8 Å². The van der Waals surface area contributed by atoms with Crippen LogP contribution < -0.4 is 0 Å². The van der Waals surface area contributed by atoms with E-state index in [-0.39, 0.29) is 11.7 Å². The highest BCUT2D eigenvalue weighted by molar-refractivity contribution is 9.10. The third-order valence-corrected chi connectivity index (χ3v) is 4.85. The normalized spacial score (nSPS) is 26.0. The molecule has 1 saturated carbocycles. The zero-order valence-corrected chi connectivity index (χ0v) is 12.3. The molecule has 0 bridgehead atoms. The quantitative estimate of drug-likeness (QED) is 0.846. The van der Waals surface area contributed by atoms with Gasteiger partial charge < -0.3 is 5.11 Å². The van der Waals surface area contributed by atoms with Crippen LogP contribution in [0.25, 0.3) is 0 Å². The lowest BCUT2D eigenvalue weighted by Crippen LogP contribution is -2.21. The Labute approximate surface area is 117 Å². The van der Waals surface area contributed by atoms with E-state index in [2.05, 4.69) is 22.9 Å². The van der Waals surface area contributed by atoms with Crippen LogP contribution in [0.4, 0.5) is 4.39 Å². The van der Waals surface area contributed by atoms with Crippen molar-refractivity contribution in [2.75, 3.05) is 0 Å². The molecule has 1 aromatic rings. The van der Waals surface area contributed by atoms with Crippen LogP contribution in [0.2, 0.25) is 0 Å². The molecule has 100 valence electrons. The summed E-state index contributed by atoms with van der Waals surface area (Å²) in [4.78, 5) is 0. The second kappa shape index (κ2) is 6.16. The molecule has 0 radical (unpaired) electrons. The Morgan fingerprint density at radius 3 is 2.94 bits per heavy atom. The molecule has 0 heterocycles. The van der Waals surface area contributed by atoms with Gasteiger partial charge in [-0.1, -0.05) is 42.1 Å². The maximum absolute atomic E-state index is 13.3. The van der Waals surface area contributed by atoms with Crippen molar-refractivity contribution in [1.29, 1.82) is 0 Å². The first-order chi connectivity index (χ1) is 8.61. The molecular weight excluding hydrogens is 295 g/mol. The molecule has 1 aromatic carbocycles. The van der Waals surface area contributed by atoms with Gasteiger partial charge in [0.15, 0.2) is 0 Å². The zero-order valence-electron chi connectivity index (χ0n) is 10.7. The highest BCUT2D eigenvalue weighted by Gasteiger charge is 2.28. The molecule has 1 fully saturated rings. The van der Waals surface area contributed by atoms with Crippen LogP contribution in [0.1, 0.15) is 50.7 Å². The van der Waals surface area contributed by atoms with E-state index in [1.54, 1.807) is 6.07 Å². The minimum atomic E-state index is -0.551. The van der Waals surface area contributed by atoms with E-state index in [4.69, 9.17) is 0 Å². The Morgan fingerprint density at radius 1 is 1.44 bits per heavy atom. The molecule has 1 aliphatic rings. The number of aliphatic hydroxyl groups excluding tert-OH is 1. The summed E-state index contributed by atoms with van der Waals surface area (Å²) in [6, 6.07) is 4.54. The highest BCUT2D eigenvalue weighted by atomic mass is 79.9. The van der Waals surface area contributed by atoms with Gasteiger partial charge in [0.25, 0.3) is 0 Å². The van der Waals surface area contributed by atoms with Gasteiger partial charge in [-0.15, -0.1) is 0 Å². The lowest BCUT2D eigenvalue weighted by atomic mass is 9.76. The Morgan fingerprint density at radius 2 is 2.22 bits per heavy atom. The molecule has 2 rings (SSSR count). The fourth-order valence-corrected chi connectivity index (χ4v) is 3.47. The molecule has 0 amide bonds. The monoisotopic (exact) mass is 314 g/mol. The topological polar surface area (TPSA) is 20.2 Å². The standard InChI is InChI=1S/C15H20BrFO/c1-2-10-4-3-5-11(8-10)15(18)13-9-12(17)6-7-14(13)16/h6-7,9-11,15,18H,2-5,8H2,1H3. The number of benzene rings is 1. The molecule has 1 N–H and O–H groups in total. The average molecular weight is 315 g/mol. The maximum atomic E-state index is 13.3. The van der Waals surface area contributed by atoms with Crippen LogP contribution in [0.3, 0.4) is 0 Å². The number of hydrogen-bond acceptors (Lipinski definition) is 1. The summed E-state index contributed by atoms with van der Waals surface area (Å²) >= 11 is 3.40. The average Bonchev–Trinajstić information content (AvgIpc) is 2.41. The van der Waals surface area contributed by atoms with Gasteiger partial charge in [-0.25, -0.2) is 4.39 Å². The number of rotatable bonds is 3. The van der Waals surface area contributed by atoms with Gasteiger partial charge in [-0.05, 0) is 48.4 Å². The van der Waals surface area contributed by atoms with Crippen molar-refractivity contribution in [3.63, 3.8) is 0 Å². The van der Waals surface area contributed by atoms with Crippen molar-refractivity contribution in [2.45, 2.75) is 45.1 Å². The van der Waals surface area contributed by atoms with Crippen molar-refractivity contribution < 1.29 is 9.50 Å². The Hall–Kier alpha value is -0.410. The predicted octanol–water partition coefficient (Wildman–Crippen LogP) is 4.84. The van der Waals surface area contributed by atoms with Gasteiger partial charge >= 0.3 is 0 Å². The molecule has 0 saturated heterocycles. The van der Waals surface area contributed by atoms with Crippen LogP contribution >= 0.6 is 15.9 Å². The summed E-state index contributed by atoms with van der Waals surface area (Å²) in [5.74, 6) is 0.697. The maximum Gasteiger partial charge on any atom is 0.123 e. The number of aliphatic hydroxyl groups is 1. The smallest absolute Gasteiger partial charge is 0.123 e. The van der Waals surface area contributed by atoms with E-state index in [0.717, 1.165) is 17.3 Å². The molecule has 1 aliphatic carbocycles. The lowest BCUT2D eigenvalue weighted by Gasteiger charge is -2.32. The van der Waals surface area contributed by atoms with Gasteiger partial charge in [-0.2, -0.15) is 0 Å². The fraction of sp³-hybridized carbons (Fsp3) is 0.600. The summed E-state index contributed by atoms with van der Waals surface area (Å²) in [7, 11) is 0. The minimum absolute atomic E-state index is 0.266. The van der Waals surface area contributed by atoms with Gasteiger partial charge in [0.2, 0.25) is 0 Å². The SMILES string of the molecule is CCC1CCCC(C(O)c2cc(F)ccc2Br)C1. The Bertz CT molecular complexity index is 407. The van der Waals surface area contributed by atoms with Crippen molar-refractivity contribution >= 4 is 15.9 Å². The summed E-state index contributed by atoms with van der Waals surface area (Å²) in [6.07, 6.45) is 5.16. The van der Waals surface area contributed by atoms with Crippen LogP contribution in [-0.4, -0.2) is 5.11 Å². The van der Waals surface area contributed by atoms with E-state index >= 15 is 0 Å². The highest BCUT2D eigenvalue weighted by Crippen LogP contribution is 2.40. The van der Waals surface area contributed by atoms with E-state index in [9.17, 15) is 9.50 Å². The molecular formula is C15H20BrFO. The van der Waals surface area contributed by atoms with Gasteiger partial charge in [0.1, 0.15) is 5.82 Å². The predicted molar refractivity (Wildman–Crippen MR) is 74.8 cm³/mol. The fourth-order valence-electron chi connectivity index (χ4n) is 2.99. The van der Waals surface area contributed by atoms with Crippen LogP contribution in [-0.2, 0) is 0 Å². The molecule has 3 unspecified atom stereocenters. The van der Waals surface area contributed by atoms with Crippen LogP contribution in [0, 0.1) is 17.7 Å². The van der Waals surface area contributed by atoms with Gasteiger partial charge in [-0.3, -0.25) is 0 Å². The second-order valence-electron chi connectivity index (χ2n) is 5.31. The first-order valence-corrected chi connectivity index (χ1v) is 7.54. The molecule has 3 atom stereocenters. The largest absolute Gasteiger partial charge is 0.388 e. The van der Waals surface area contributed by atoms with E-state index in [1.165, 1.54) is 31.4 Å². The molecule has 3 heteroatoms. The van der Waals surface area contributed by atoms with E-state index in [1.807, 2.05) is 0 Å². The Kier molecular flexibility index (Phi) is 4.79. The molecule has 0 aliphatic heterocycles. The summed E-state index contributed by atoms with van der Waals surface area (Å²) in [5, 5.41) is 10.5. The van der Waals surface area contributed by atoms with Crippen molar-refractivity contribution in [3.05, 3.63) is 34.1 Å². The van der Waals surface area contributed by atoms with Gasteiger partial charge in [0.05, 0.1) is 6.10 Å². The summed E-state index contributed by atoms with van der Waals surface area (Å²) < 4.78 is 14.1. The van der Waals surface area contributed by atoms with Crippen molar-refractivity contribution in [3.8, 4) is 0 Å². The summed E-state index contributed by atoms with van der Waals surface area (Å²) in [6.45, 7) is 2.21. The molecule has 18 heavy (non-hydrogen) atoms. The number of halogens is 2. The second-order valence-corrected chi connectivity index (χ2v) is 6.17. The lowest BCUT2D eigenvalue weighted by molar-refractivity contribution is 0.0670. The van der Waals surface area contributed by atoms with Crippen molar-refractivity contribution in [1.82, 2.24) is 0 Å². The third kappa shape index (κ3) is 3.12. The minimum Gasteiger partial charge on any atom is -0.388 e. The van der Waals surface area contributed by atoms with E-state index < -0.39 is 6.10 Å². The first kappa shape index (κ1) is 14.0.